The van der Waals surface area contributed by atoms with Crippen LogP contribution >= 0.6 is 0 Å². The van der Waals surface area contributed by atoms with Crippen molar-refractivity contribution in [1.82, 2.24) is 4.31 Å². The van der Waals surface area contributed by atoms with E-state index in [1.165, 1.54) is 0 Å². The van der Waals surface area contributed by atoms with E-state index in [-0.39, 0.29) is 5.91 Å². The molecule has 4 aromatic carbocycles. The summed E-state index contributed by atoms with van der Waals surface area (Å²) < 4.78 is 21.2. The van der Waals surface area contributed by atoms with Gasteiger partial charge in [0.25, 0.3) is 0 Å². The van der Waals surface area contributed by atoms with Gasteiger partial charge in [-0.25, -0.2) is 8.51 Å². The molecule has 4 aromatic rings. The van der Waals surface area contributed by atoms with Gasteiger partial charge in [-0.3, -0.25) is 9.69 Å². The molecule has 6 heteroatoms. The molecular weight excluding hydrogens is 492 g/mol. The maximum absolute atomic E-state index is 14.5. The van der Waals surface area contributed by atoms with E-state index >= 15 is 0 Å². The monoisotopic (exact) mass is 522 g/mol. The van der Waals surface area contributed by atoms with Crippen molar-refractivity contribution in [2.24, 2.45) is 5.92 Å². The summed E-state index contributed by atoms with van der Waals surface area (Å²) in [4.78, 5) is 17.0. The fourth-order valence-electron chi connectivity index (χ4n) is 4.90. The molecule has 3 atom stereocenters. The molecule has 0 bridgehead atoms. The highest BCUT2D eigenvalue weighted by Gasteiger charge is 2.47. The largest absolute Gasteiger partial charge is 0.497 e. The van der Waals surface area contributed by atoms with Crippen LogP contribution in [0.2, 0.25) is 0 Å². The minimum atomic E-state index is -1.49. The lowest BCUT2D eigenvalue weighted by Gasteiger charge is -2.31. The fourth-order valence-corrected chi connectivity index (χ4v) is 6.28. The molecule has 0 saturated carbocycles. The van der Waals surface area contributed by atoms with E-state index in [0.29, 0.717) is 11.4 Å². The Labute approximate surface area is 226 Å². The lowest BCUT2D eigenvalue weighted by atomic mass is 9.90. The third-order valence-corrected chi connectivity index (χ3v) is 8.29. The number of benzene rings is 4. The van der Waals surface area contributed by atoms with Gasteiger partial charge < -0.3 is 4.74 Å². The third kappa shape index (κ3) is 5.05. The van der Waals surface area contributed by atoms with Gasteiger partial charge in [-0.15, -0.1) is 0 Å². The van der Waals surface area contributed by atoms with E-state index in [1.807, 2.05) is 120 Å². The highest BCUT2D eigenvalue weighted by molar-refractivity contribution is 7.82. The van der Waals surface area contributed by atoms with Gasteiger partial charge in [-0.1, -0.05) is 72.8 Å². The molecule has 5 rings (SSSR count). The second kappa shape index (κ2) is 11.2. The van der Waals surface area contributed by atoms with Crippen molar-refractivity contribution in [1.29, 1.82) is 0 Å². The predicted molar refractivity (Wildman–Crippen MR) is 153 cm³/mol. The lowest BCUT2D eigenvalue weighted by Crippen LogP contribution is -2.37. The molecule has 5 nitrogen and oxygen atoms in total. The quantitative estimate of drug-likeness (QED) is 0.256. The molecule has 38 heavy (non-hydrogen) atoms. The third-order valence-electron chi connectivity index (χ3n) is 6.83. The number of rotatable bonds is 7. The molecule has 1 aliphatic heterocycles. The molecule has 1 unspecified atom stereocenters. The van der Waals surface area contributed by atoms with Crippen molar-refractivity contribution < 1.29 is 13.7 Å². The van der Waals surface area contributed by atoms with Crippen LogP contribution in [0.4, 0.5) is 11.4 Å². The lowest BCUT2D eigenvalue weighted by molar-refractivity contribution is -0.121. The average molecular weight is 523 g/mol. The summed E-state index contributed by atoms with van der Waals surface area (Å²) in [5.74, 6) is -0.00955. The first-order valence-electron chi connectivity index (χ1n) is 12.5. The molecule has 0 aromatic heterocycles. The van der Waals surface area contributed by atoms with Gasteiger partial charge in [-0.05, 0) is 66.6 Å². The Kier molecular flexibility index (Phi) is 7.54. The molecule has 1 heterocycles. The number of carbonyl (C=O) groups excluding carboxylic acids is 1. The van der Waals surface area contributed by atoms with Crippen LogP contribution in [0.25, 0.3) is 0 Å². The minimum absolute atomic E-state index is 0.114. The number of amides is 1. The zero-order chi connectivity index (χ0) is 26.6. The highest BCUT2D eigenvalue weighted by Crippen LogP contribution is 2.45. The number of para-hydroxylation sites is 2. The summed E-state index contributed by atoms with van der Waals surface area (Å²) in [6, 6.07) is 34.1. The second-order valence-electron chi connectivity index (χ2n) is 9.34. The van der Waals surface area contributed by atoms with Gasteiger partial charge in [0.05, 0.1) is 24.0 Å². The Balaban J connectivity index is 1.60. The van der Waals surface area contributed by atoms with Crippen LogP contribution in [-0.2, 0) is 15.8 Å². The van der Waals surface area contributed by atoms with E-state index in [4.69, 9.17) is 4.74 Å². The molecule has 0 radical (unpaired) electrons. The zero-order valence-electron chi connectivity index (χ0n) is 21.5. The van der Waals surface area contributed by atoms with Crippen molar-refractivity contribution in [3.05, 3.63) is 132 Å². The second-order valence-corrected chi connectivity index (χ2v) is 10.8. The number of methoxy groups -OCH3 is 1. The highest BCUT2D eigenvalue weighted by atomic mass is 32.2. The van der Waals surface area contributed by atoms with Gasteiger partial charge in [0.1, 0.15) is 16.7 Å². The van der Waals surface area contributed by atoms with Crippen molar-refractivity contribution >= 4 is 28.3 Å². The Morgan fingerprint density at radius 2 is 1.42 bits per heavy atom. The predicted octanol–water partition coefficient (Wildman–Crippen LogP) is 6.62. The number of anilines is 2. The fraction of sp³-hybridized carbons (Fsp3) is 0.156. The summed E-state index contributed by atoms with van der Waals surface area (Å²) in [7, 11) is 0.126. The van der Waals surface area contributed by atoms with Gasteiger partial charge in [-0.2, -0.15) is 0 Å². The van der Waals surface area contributed by atoms with E-state index in [0.717, 1.165) is 33.8 Å². The average Bonchev–Trinajstić information content (AvgIpc) is 3.31. The molecule has 1 amide bonds. The van der Waals surface area contributed by atoms with Gasteiger partial charge >= 0.3 is 0 Å². The minimum Gasteiger partial charge on any atom is -0.497 e. The SMILES string of the molecule is C=C1CN(S(=O)c2ccc(C)cc2)[C@H](c2ccc(OC)cc2)[C@H]1C(=O)N(c1ccccc1)c1ccccc1. The zero-order valence-corrected chi connectivity index (χ0v) is 22.3. The van der Waals surface area contributed by atoms with Gasteiger partial charge in [0, 0.05) is 17.9 Å². The number of ether oxygens (including phenoxy) is 1. The standard InChI is InChI=1S/C32H30N2O3S/c1-23-14-20-29(21-15-23)38(36)33-22-24(2)30(31(33)25-16-18-28(37-3)19-17-25)32(35)34(26-10-6-4-7-11-26)27-12-8-5-9-13-27/h4-21,30-31H,2,22H2,1,3H3/t30-,31+,38?/m0/s1. The van der Waals surface area contributed by atoms with Crippen LogP contribution in [0, 0.1) is 12.8 Å². The molecule has 192 valence electrons. The maximum atomic E-state index is 14.5. The summed E-state index contributed by atoms with van der Waals surface area (Å²) in [5.41, 5.74) is 4.24. The molecule has 1 aliphatic rings. The summed E-state index contributed by atoms with van der Waals surface area (Å²) in [6.45, 7) is 6.67. The maximum Gasteiger partial charge on any atom is 0.240 e. The smallest absolute Gasteiger partial charge is 0.240 e. The molecular formula is C32H30N2O3S. The summed E-state index contributed by atoms with van der Waals surface area (Å²) >= 11 is 0. The molecule has 1 saturated heterocycles. The van der Waals surface area contributed by atoms with Gasteiger partial charge in [0.15, 0.2) is 0 Å². The Morgan fingerprint density at radius 1 is 0.868 bits per heavy atom. The first-order valence-corrected chi connectivity index (χ1v) is 13.6. The first kappa shape index (κ1) is 25.6. The molecule has 1 fully saturated rings. The topological polar surface area (TPSA) is 49.9 Å². The van der Waals surface area contributed by atoms with Crippen molar-refractivity contribution in [2.45, 2.75) is 17.9 Å². The Hall–Kier alpha value is -4.00. The van der Waals surface area contributed by atoms with Crippen molar-refractivity contribution in [2.75, 3.05) is 18.6 Å². The van der Waals surface area contributed by atoms with E-state index in [9.17, 15) is 9.00 Å². The number of aryl methyl sites for hydroxylation is 1. The van der Waals surface area contributed by atoms with Crippen LogP contribution in [0.15, 0.2) is 126 Å². The number of carbonyl (C=O) groups is 1. The molecule has 0 N–H and O–H groups in total. The van der Waals surface area contributed by atoms with Crippen LogP contribution in [0.3, 0.4) is 0 Å². The van der Waals surface area contributed by atoms with Crippen molar-refractivity contribution in [3.63, 3.8) is 0 Å². The molecule has 0 spiro atoms. The van der Waals surface area contributed by atoms with E-state index < -0.39 is 22.9 Å². The number of nitrogens with zero attached hydrogens (tertiary/aromatic N) is 2. The Morgan fingerprint density at radius 3 is 1.95 bits per heavy atom. The van der Waals surface area contributed by atoms with Crippen LogP contribution in [0.5, 0.6) is 5.75 Å². The number of hydrogen-bond acceptors (Lipinski definition) is 3. The van der Waals surface area contributed by atoms with Crippen molar-refractivity contribution in [3.8, 4) is 5.75 Å². The van der Waals surface area contributed by atoms with E-state index in [1.54, 1.807) is 12.0 Å². The summed E-state index contributed by atoms with van der Waals surface area (Å²) in [5, 5.41) is 0. The molecule has 0 aliphatic carbocycles. The van der Waals surface area contributed by atoms with Crippen LogP contribution in [-0.4, -0.2) is 28.1 Å². The van der Waals surface area contributed by atoms with E-state index in [2.05, 4.69) is 6.58 Å². The summed E-state index contributed by atoms with van der Waals surface area (Å²) in [6.07, 6.45) is 0. The van der Waals surface area contributed by atoms with Crippen LogP contribution < -0.4 is 9.64 Å². The number of hydrogen-bond donors (Lipinski definition) is 0. The van der Waals surface area contributed by atoms with Crippen LogP contribution in [0.1, 0.15) is 17.2 Å². The van der Waals surface area contributed by atoms with Gasteiger partial charge in [0.2, 0.25) is 5.91 Å². The Bertz CT molecular complexity index is 1400. The normalized spacial score (nSPS) is 18.2. The first-order chi connectivity index (χ1) is 18.5.